The van der Waals surface area contributed by atoms with Gasteiger partial charge in [-0.15, -0.1) is 0 Å². The van der Waals surface area contributed by atoms with Gasteiger partial charge < -0.3 is 13.9 Å². The number of carbonyl (C=O) groups is 1. The van der Waals surface area contributed by atoms with Crippen LogP contribution in [-0.4, -0.2) is 18.7 Å². The molecule has 1 unspecified atom stereocenters. The van der Waals surface area contributed by atoms with E-state index in [0.29, 0.717) is 24.4 Å². The van der Waals surface area contributed by atoms with Gasteiger partial charge in [0.05, 0.1) is 6.61 Å². The van der Waals surface area contributed by atoms with Crippen LogP contribution < -0.4 is 10.4 Å². The summed E-state index contributed by atoms with van der Waals surface area (Å²) in [5, 5.41) is 0.969. The van der Waals surface area contributed by atoms with Gasteiger partial charge in [-0.1, -0.05) is 6.92 Å². The fourth-order valence-electron chi connectivity index (χ4n) is 3.28. The number of esters is 1. The predicted octanol–water partition coefficient (Wildman–Crippen LogP) is 3.31. The molecule has 1 aliphatic rings. The molecule has 1 aliphatic carbocycles. The first-order chi connectivity index (χ1) is 11.6. The Labute approximate surface area is 140 Å². The Kier molecular flexibility index (Phi) is 4.60. The summed E-state index contributed by atoms with van der Waals surface area (Å²) in [6, 6.07) is 3.76. The maximum atomic E-state index is 12.2. The lowest BCUT2D eigenvalue weighted by Crippen LogP contribution is -2.29. The maximum Gasteiger partial charge on any atom is 0.347 e. The molecule has 0 saturated carbocycles. The highest BCUT2D eigenvalue weighted by atomic mass is 16.6. The van der Waals surface area contributed by atoms with Gasteiger partial charge in [-0.2, -0.15) is 0 Å². The van der Waals surface area contributed by atoms with Crippen molar-refractivity contribution in [3.8, 4) is 5.75 Å². The second-order valence-electron chi connectivity index (χ2n) is 6.03. The van der Waals surface area contributed by atoms with Gasteiger partial charge in [0.25, 0.3) is 0 Å². The van der Waals surface area contributed by atoms with Crippen molar-refractivity contribution in [3.05, 3.63) is 39.2 Å². The number of hydrogen-bond donors (Lipinski definition) is 0. The summed E-state index contributed by atoms with van der Waals surface area (Å²) in [6.45, 7) is 5.79. The topological polar surface area (TPSA) is 65.7 Å². The lowest BCUT2D eigenvalue weighted by atomic mass is 10.0. The first kappa shape index (κ1) is 16.6. The minimum atomic E-state index is -0.665. The van der Waals surface area contributed by atoms with Crippen LogP contribution in [0.15, 0.2) is 21.3 Å². The number of ether oxygens (including phenoxy) is 2. The molecule has 1 aromatic heterocycles. The molecule has 0 saturated heterocycles. The number of carbonyl (C=O) groups excluding carboxylic acids is 1. The van der Waals surface area contributed by atoms with Crippen LogP contribution in [0.5, 0.6) is 5.75 Å². The molecule has 1 aromatic carbocycles. The molecule has 0 bridgehead atoms. The maximum absolute atomic E-state index is 12.2. The fraction of sp³-hybridized carbons (Fsp3) is 0.474. The molecule has 24 heavy (non-hydrogen) atoms. The van der Waals surface area contributed by atoms with Crippen LogP contribution >= 0.6 is 0 Å². The molecule has 0 amide bonds. The van der Waals surface area contributed by atoms with E-state index in [9.17, 15) is 9.59 Å². The van der Waals surface area contributed by atoms with Crippen molar-refractivity contribution in [1.82, 2.24) is 0 Å². The van der Waals surface area contributed by atoms with E-state index in [2.05, 4.69) is 0 Å². The zero-order chi connectivity index (χ0) is 17.3. The van der Waals surface area contributed by atoms with Crippen molar-refractivity contribution in [1.29, 1.82) is 0 Å². The number of benzene rings is 1. The van der Waals surface area contributed by atoms with Crippen LogP contribution in [0.25, 0.3) is 11.0 Å². The van der Waals surface area contributed by atoms with Crippen LogP contribution in [0, 0.1) is 6.92 Å². The third-order valence-corrected chi connectivity index (χ3v) is 4.53. The molecular weight excluding hydrogens is 308 g/mol. The molecule has 1 heterocycles. The largest absolute Gasteiger partial charge is 0.478 e. The molecule has 0 fully saturated rings. The third-order valence-electron chi connectivity index (χ3n) is 4.53. The van der Waals surface area contributed by atoms with E-state index >= 15 is 0 Å². The van der Waals surface area contributed by atoms with E-state index in [4.69, 9.17) is 13.9 Å². The van der Waals surface area contributed by atoms with Gasteiger partial charge in [-0.05, 0) is 57.2 Å². The van der Waals surface area contributed by atoms with Gasteiger partial charge in [0.1, 0.15) is 11.3 Å². The smallest absolute Gasteiger partial charge is 0.347 e. The SMILES string of the molecule is CCOC(=O)C(CC)Oc1ccc2c3c(c(=O)oc2c1C)CCC3. The molecule has 5 heteroatoms. The molecule has 128 valence electrons. The molecule has 2 aromatic rings. The van der Waals surface area contributed by atoms with Crippen LogP contribution in [0.1, 0.15) is 43.4 Å². The lowest BCUT2D eigenvalue weighted by molar-refractivity contribution is -0.151. The monoisotopic (exact) mass is 330 g/mol. The van der Waals surface area contributed by atoms with Crippen LogP contribution in [0.4, 0.5) is 0 Å². The quantitative estimate of drug-likeness (QED) is 0.621. The summed E-state index contributed by atoms with van der Waals surface area (Å²) in [7, 11) is 0. The Bertz CT molecular complexity index is 834. The van der Waals surface area contributed by atoms with E-state index in [1.807, 2.05) is 26.0 Å². The van der Waals surface area contributed by atoms with Gasteiger partial charge in [0, 0.05) is 16.5 Å². The number of rotatable bonds is 5. The first-order valence-electron chi connectivity index (χ1n) is 8.48. The minimum Gasteiger partial charge on any atom is -0.478 e. The van der Waals surface area contributed by atoms with Crippen LogP contribution in [-0.2, 0) is 22.4 Å². The summed E-state index contributed by atoms with van der Waals surface area (Å²) in [5.74, 6) is 0.165. The molecule has 0 N–H and O–H groups in total. The Morgan fingerprint density at radius 2 is 2.00 bits per heavy atom. The summed E-state index contributed by atoms with van der Waals surface area (Å²) in [6.07, 6.45) is 2.51. The third kappa shape index (κ3) is 2.79. The summed E-state index contributed by atoms with van der Waals surface area (Å²) in [4.78, 5) is 24.1. The van der Waals surface area contributed by atoms with E-state index in [1.54, 1.807) is 6.92 Å². The van der Waals surface area contributed by atoms with E-state index in [-0.39, 0.29) is 11.6 Å². The van der Waals surface area contributed by atoms with E-state index in [0.717, 1.165) is 41.3 Å². The van der Waals surface area contributed by atoms with Crippen LogP contribution in [0.3, 0.4) is 0 Å². The van der Waals surface area contributed by atoms with Crippen molar-refractivity contribution >= 4 is 16.9 Å². The zero-order valence-electron chi connectivity index (χ0n) is 14.3. The average molecular weight is 330 g/mol. The molecule has 3 rings (SSSR count). The van der Waals surface area contributed by atoms with Crippen molar-refractivity contribution < 1.29 is 18.7 Å². The molecular formula is C19H22O5. The average Bonchev–Trinajstić information content (AvgIpc) is 3.06. The highest BCUT2D eigenvalue weighted by Crippen LogP contribution is 2.33. The Hall–Kier alpha value is -2.30. The van der Waals surface area contributed by atoms with Gasteiger partial charge in [0.15, 0.2) is 6.10 Å². The van der Waals surface area contributed by atoms with Gasteiger partial charge in [0.2, 0.25) is 0 Å². The zero-order valence-corrected chi connectivity index (χ0v) is 14.3. The molecule has 0 aliphatic heterocycles. The van der Waals surface area contributed by atoms with Crippen molar-refractivity contribution in [2.45, 2.75) is 52.6 Å². The summed E-state index contributed by atoms with van der Waals surface area (Å²) >= 11 is 0. The molecule has 5 nitrogen and oxygen atoms in total. The second kappa shape index (κ2) is 6.67. The summed E-state index contributed by atoms with van der Waals surface area (Å²) < 4.78 is 16.4. The van der Waals surface area contributed by atoms with Gasteiger partial charge in [-0.3, -0.25) is 0 Å². The van der Waals surface area contributed by atoms with Crippen LogP contribution in [0.2, 0.25) is 0 Å². The molecule has 0 spiro atoms. The Morgan fingerprint density at radius 1 is 1.25 bits per heavy atom. The second-order valence-corrected chi connectivity index (χ2v) is 6.03. The predicted molar refractivity (Wildman–Crippen MR) is 90.6 cm³/mol. The normalized spacial score (nSPS) is 14.5. The highest BCUT2D eigenvalue weighted by molar-refractivity contribution is 5.86. The fourth-order valence-corrected chi connectivity index (χ4v) is 3.28. The van der Waals surface area contributed by atoms with Crippen molar-refractivity contribution in [2.75, 3.05) is 6.61 Å². The molecule has 1 atom stereocenters. The Morgan fingerprint density at radius 3 is 2.71 bits per heavy atom. The standard InChI is InChI=1S/C19H22O5/c1-4-15(19(21)22-5-2)23-16-10-9-13-12-7-6-8-14(12)18(20)24-17(13)11(16)3/h9-10,15H,4-8H2,1-3H3. The minimum absolute atomic E-state index is 0.257. The van der Waals surface area contributed by atoms with E-state index in [1.165, 1.54) is 0 Å². The van der Waals surface area contributed by atoms with Gasteiger partial charge in [-0.25, -0.2) is 9.59 Å². The van der Waals surface area contributed by atoms with E-state index < -0.39 is 6.10 Å². The molecule has 0 radical (unpaired) electrons. The van der Waals surface area contributed by atoms with Crippen molar-refractivity contribution in [2.24, 2.45) is 0 Å². The highest BCUT2D eigenvalue weighted by Gasteiger charge is 2.24. The van der Waals surface area contributed by atoms with Crippen molar-refractivity contribution in [3.63, 3.8) is 0 Å². The number of hydrogen-bond acceptors (Lipinski definition) is 5. The lowest BCUT2D eigenvalue weighted by Gasteiger charge is -2.18. The first-order valence-corrected chi connectivity index (χ1v) is 8.48. The summed E-state index contributed by atoms with van der Waals surface area (Å²) in [5.41, 5.74) is 2.92. The van der Waals surface area contributed by atoms with Gasteiger partial charge >= 0.3 is 11.6 Å². The number of aryl methyl sites for hydroxylation is 2. The Balaban J connectivity index is 2.02. The number of fused-ring (bicyclic) bond motifs is 3.